The van der Waals surface area contributed by atoms with Crippen LogP contribution < -0.4 is 10.2 Å². The zero-order valence-corrected chi connectivity index (χ0v) is 15.1. The number of hydrogen-bond donors (Lipinski definition) is 1. The summed E-state index contributed by atoms with van der Waals surface area (Å²) in [5.41, 5.74) is 7.11. The summed E-state index contributed by atoms with van der Waals surface area (Å²) in [6.45, 7) is 6.14. The van der Waals surface area contributed by atoms with E-state index < -0.39 is 0 Å². The monoisotopic (exact) mass is 351 g/mol. The number of amides is 1. The van der Waals surface area contributed by atoms with E-state index in [1.54, 1.807) is 4.68 Å². The summed E-state index contributed by atoms with van der Waals surface area (Å²) >= 11 is 0. The van der Waals surface area contributed by atoms with Crippen molar-refractivity contribution in [2.24, 2.45) is 5.10 Å². The van der Waals surface area contributed by atoms with Crippen LogP contribution in [0, 0.1) is 13.8 Å². The summed E-state index contributed by atoms with van der Waals surface area (Å²) < 4.78 is 7.31. The fraction of sp³-hybridized carbons (Fsp3) is 0.263. The molecule has 0 radical (unpaired) electrons. The molecular weight excluding hydrogens is 330 g/mol. The fourth-order valence-electron chi connectivity index (χ4n) is 2.50. The van der Waals surface area contributed by atoms with Gasteiger partial charge < -0.3 is 4.74 Å². The first-order valence-corrected chi connectivity index (χ1v) is 8.34. The van der Waals surface area contributed by atoms with Gasteiger partial charge in [-0.25, -0.2) is 10.1 Å². The van der Waals surface area contributed by atoms with E-state index >= 15 is 0 Å². The molecule has 0 spiro atoms. The van der Waals surface area contributed by atoms with Crippen LogP contribution in [0.5, 0.6) is 5.75 Å². The van der Waals surface area contributed by atoms with E-state index in [0.717, 1.165) is 22.2 Å². The van der Waals surface area contributed by atoms with Crippen molar-refractivity contribution in [3.05, 3.63) is 53.6 Å². The number of aryl methyl sites for hydroxylation is 1. The number of nitrogens with zero attached hydrogens (tertiary/aromatic N) is 4. The summed E-state index contributed by atoms with van der Waals surface area (Å²) in [5.74, 6) is 0.392. The Morgan fingerprint density at radius 3 is 2.85 bits per heavy atom. The Morgan fingerprint density at radius 1 is 1.19 bits per heavy atom. The van der Waals surface area contributed by atoms with Gasteiger partial charge in [-0.3, -0.25) is 4.79 Å². The highest BCUT2D eigenvalue weighted by Gasteiger charge is 2.07. The molecule has 1 N–H and O–H groups in total. The van der Waals surface area contributed by atoms with Crippen LogP contribution in [-0.4, -0.2) is 33.2 Å². The summed E-state index contributed by atoms with van der Waals surface area (Å²) in [4.78, 5) is 12.0. The highest BCUT2D eigenvalue weighted by molar-refractivity contribution is 5.86. The van der Waals surface area contributed by atoms with Crippen LogP contribution in [0.1, 0.15) is 18.1 Å². The lowest BCUT2D eigenvalue weighted by Gasteiger charge is -2.10. The molecule has 7 heteroatoms. The minimum Gasteiger partial charge on any atom is -0.483 e. The number of carbonyl (C=O) groups is 1. The number of rotatable bonds is 6. The van der Waals surface area contributed by atoms with Crippen LogP contribution in [-0.2, 0) is 11.3 Å². The van der Waals surface area contributed by atoms with Crippen LogP contribution >= 0.6 is 0 Å². The molecule has 0 fully saturated rings. The molecule has 1 aromatic heterocycles. The number of hydrazone groups is 1. The van der Waals surface area contributed by atoms with Gasteiger partial charge in [-0.15, -0.1) is 5.10 Å². The minimum atomic E-state index is -0.311. The van der Waals surface area contributed by atoms with Gasteiger partial charge in [-0.05, 0) is 50.1 Å². The molecule has 0 unspecified atom stereocenters. The molecule has 3 aromatic rings. The average Bonchev–Trinajstić information content (AvgIpc) is 3.04. The van der Waals surface area contributed by atoms with Crippen LogP contribution in [0.4, 0.5) is 0 Å². The number of para-hydroxylation sites is 1. The Balaban J connectivity index is 1.55. The number of ether oxygens (including phenoxy) is 1. The number of fused-ring (bicyclic) bond motifs is 1. The molecule has 0 aliphatic rings. The summed E-state index contributed by atoms with van der Waals surface area (Å²) in [6, 6.07) is 13.4. The normalized spacial score (nSPS) is 11.6. The van der Waals surface area contributed by atoms with E-state index in [2.05, 4.69) is 20.8 Å². The van der Waals surface area contributed by atoms with Gasteiger partial charge in [0.15, 0.2) is 6.61 Å². The van der Waals surface area contributed by atoms with Crippen molar-refractivity contribution in [3.63, 3.8) is 0 Å². The summed E-state index contributed by atoms with van der Waals surface area (Å²) in [6.07, 6.45) is 0. The highest BCUT2D eigenvalue weighted by Crippen LogP contribution is 2.20. The third-order valence-corrected chi connectivity index (χ3v) is 4.08. The van der Waals surface area contributed by atoms with Gasteiger partial charge in [-0.1, -0.05) is 29.5 Å². The van der Waals surface area contributed by atoms with Crippen LogP contribution in [0.25, 0.3) is 11.0 Å². The average molecular weight is 351 g/mol. The molecular formula is C19H21N5O2. The second-order valence-corrected chi connectivity index (χ2v) is 6.10. The Labute approximate surface area is 151 Å². The van der Waals surface area contributed by atoms with E-state index in [1.807, 2.05) is 63.2 Å². The molecule has 26 heavy (non-hydrogen) atoms. The van der Waals surface area contributed by atoms with Gasteiger partial charge in [0.25, 0.3) is 5.91 Å². The van der Waals surface area contributed by atoms with E-state index in [1.165, 1.54) is 0 Å². The maximum Gasteiger partial charge on any atom is 0.277 e. The van der Waals surface area contributed by atoms with Gasteiger partial charge in [0.05, 0.1) is 17.8 Å². The Morgan fingerprint density at radius 2 is 2.00 bits per heavy atom. The van der Waals surface area contributed by atoms with Crippen LogP contribution in [0.2, 0.25) is 0 Å². The largest absolute Gasteiger partial charge is 0.483 e. The first-order valence-electron chi connectivity index (χ1n) is 8.34. The SMILES string of the molecule is C/C(Cn1nnc2ccccc21)=N/NC(=O)COc1cccc(C)c1C. The van der Waals surface area contributed by atoms with Crippen LogP contribution in [0.15, 0.2) is 47.6 Å². The molecule has 134 valence electrons. The van der Waals surface area contributed by atoms with E-state index in [0.29, 0.717) is 18.0 Å². The van der Waals surface area contributed by atoms with Crippen molar-refractivity contribution in [2.75, 3.05) is 6.61 Å². The predicted molar refractivity (Wildman–Crippen MR) is 100 cm³/mol. The maximum absolute atomic E-state index is 12.0. The van der Waals surface area contributed by atoms with E-state index in [-0.39, 0.29) is 12.5 Å². The predicted octanol–water partition coefficient (Wildman–Crippen LogP) is 2.62. The number of nitrogens with one attached hydrogen (secondary N) is 1. The molecule has 0 atom stereocenters. The number of benzene rings is 2. The van der Waals surface area contributed by atoms with Gasteiger partial charge in [-0.2, -0.15) is 5.10 Å². The molecule has 1 amide bonds. The van der Waals surface area contributed by atoms with Gasteiger partial charge in [0.1, 0.15) is 11.3 Å². The summed E-state index contributed by atoms with van der Waals surface area (Å²) in [7, 11) is 0. The zero-order chi connectivity index (χ0) is 18.5. The minimum absolute atomic E-state index is 0.0900. The lowest BCUT2D eigenvalue weighted by molar-refractivity contribution is -0.123. The first-order chi connectivity index (χ1) is 12.5. The molecule has 3 rings (SSSR count). The van der Waals surface area contributed by atoms with Crippen molar-refractivity contribution in [1.82, 2.24) is 20.4 Å². The van der Waals surface area contributed by atoms with E-state index in [4.69, 9.17) is 4.74 Å². The second kappa shape index (κ2) is 7.77. The second-order valence-electron chi connectivity index (χ2n) is 6.10. The summed E-state index contributed by atoms with van der Waals surface area (Å²) in [5, 5.41) is 12.3. The van der Waals surface area contributed by atoms with Gasteiger partial charge in [0, 0.05) is 0 Å². The van der Waals surface area contributed by atoms with E-state index in [9.17, 15) is 4.79 Å². The number of aromatic nitrogens is 3. The lowest BCUT2D eigenvalue weighted by atomic mass is 10.1. The Kier molecular flexibility index (Phi) is 5.26. The van der Waals surface area contributed by atoms with Crippen molar-refractivity contribution in [2.45, 2.75) is 27.3 Å². The molecule has 2 aromatic carbocycles. The standard InChI is InChI=1S/C19H21N5O2/c1-13-7-6-10-18(15(13)3)26-12-19(25)22-20-14(2)11-24-17-9-5-4-8-16(17)21-23-24/h4-10H,11-12H2,1-3H3,(H,22,25)/b20-14-. The smallest absolute Gasteiger partial charge is 0.277 e. The Bertz CT molecular complexity index is 961. The Hall–Kier alpha value is -3.22. The van der Waals surface area contributed by atoms with Crippen molar-refractivity contribution < 1.29 is 9.53 Å². The quantitative estimate of drug-likeness (QED) is 0.547. The van der Waals surface area contributed by atoms with Crippen LogP contribution in [0.3, 0.4) is 0 Å². The molecule has 0 saturated heterocycles. The fourth-order valence-corrected chi connectivity index (χ4v) is 2.50. The molecule has 0 saturated carbocycles. The van der Waals surface area contributed by atoms with Gasteiger partial charge >= 0.3 is 0 Å². The number of carbonyl (C=O) groups excluding carboxylic acids is 1. The third-order valence-electron chi connectivity index (χ3n) is 4.08. The zero-order valence-electron chi connectivity index (χ0n) is 15.1. The van der Waals surface area contributed by atoms with Crippen molar-refractivity contribution in [3.8, 4) is 5.75 Å². The molecule has 7 nitrogen and oxygen atoms in total. The van der Waals surface area contributed by atoms with Crippen molar-refractivity contribution >= 4 is 22.7 Å². The highest BCUT2D eigenvalue weighted by atomic mass is 16.5. The molecule has 0 bridgehead atoms. The maximum atomic E-state index is 12.0. The van der Waals surface area contributed by atoms with Gasteiger partial charge in [0.2, 0.25) is 0 Å². The first kappa shape index (κ1) is 17.6. The third kappa shape index (κ3) is 4.05. The van der Waals surface area contributed by atoms with Crippen molar-refractivity contribution in [1.29, 1.82) is 0 Å². The topological polar surface area (TPSA) is 81.4 Å². The molecule has 0 aliphatic heterocycles. The lowest BCUT2D eigenvalue weighted by Crippen LogP contribution is -2.26. The molecule has 1 heterocycles. The molecule has 0 aliphatic carbocycles. The number of hydrogen-bond acceptors (Lipinski definition) is 5.